The predicted molar refractivity (Wildman–Crippen MR) is 117 cm³/mol. The van der Waals surface area contributed by atoms with Crippen molar-refractivity contribution in [2.75, 3.05) is 20.8 Å². The number of hydrogen-bond donors (Lipinski definition) is 0. The smallest absolute Gasteiger partial charge is 0.254 e. The Morgan fingerprint density at radius 2 is 1.55 bits per heavy atom. The molecule has 0 aromatic heterocycles. The van der Waals surface area contributed by atoms with Crippen molar-refractivity contribution in [3.63, 3.8) is 0 Å². The summed E-state index contributed by atoms with van der Waals surface area (Å²) in [6.07, 6.45) is 0. The highest BCUT2D eigenvalue weighted by molar-refractivity contribution is 5.95. The van der Waals surface area contributed by atoms with E-state index in [0.29, 0.717) is 42.5 Å². The average molecular weight is 423 g/mol. The third kappa shape index (κ3) is 5.54. The highest BCUT2D eigenvalue weighted by Crippen LogP contribution is 2.39. The molecule has 31 heavy (non-hydrogen) atoms. The molecule has 0 heterocycles. The van der Waals surface area contributed by atoms with Crippen molar-refractivity contribution in [2.45, 2.75) is 20.1 Å². The summed E-state index contributed by atoms with van der Waals surface area (Å²) in [5.74, 6) is 0.696. The predicted octanol–water partition coefficient (Wildman–Crippen LogP) is 5.08. The number of halogens is 1. The van der Waals surface area contributed by atoms with Crippen molar-refractivity contribution in [2.24, 2.45) is 0 Å². The van der Waals surface area contributed by atoms with Crippen molar-refractivity contribution in [3.8, 4) is 17.2 Å². The number of rotatable bonds is 9. The van der Waals surface area contributed by atoms with E-state index in [9.17, 15) is 9.18 Å². The number of carbonyl (C=O) groups excluding carboxylic acids is 1. The van der Waals surface area contributed by atoms with Crippen molar-refractivity contribution >= 4 is 5.91 Å². The van der Waals surface area contributed by atoms with Gasteiger partial charge >= 0.3 is 0 Å². The summed E-state index contributed by atoms with van der Waals surface area (Å²) in [5.41, 5.74) is 2.12. The summed E-state index contributed by atoms with van der Waals surface area (Å²) in [6, 6.07) is 19.2. The fourth-order valence-electron chi connectivity index (χ4n) is 3.24. The van der Waals surface area contributed by atoms with E-state index in [1.807, 2.05) is 37.3 Å². The van der Waals surface area contributed by atoms with Gasteiger partial charge in [-0.25, -0.2) is 4.39 Å². The molecule has 162 valence electrons. The molecular weight excluding hydrogens is 397 g/mol. The van der Waals surface area contributed by atoms with Crippen molar-refractivity contribution in [1.29, 1.82) is 0 Å². The fourth-order valence-corrected chi connectivity index (χ4v) is 3.24. The normalized spacial score (nSPS) is 10.5. The molecule has 0 atom stereocenters. The third-order valence-electron chi connectivity index (χ3n) is 4.86. The molecule has 0 radical (unpaired) electrons. The third-order valence-corrected chi connectivity index (χ3v) is 4.86. The highest BCUT2D eigenvalue weighted by Gasteiger charge is 2.21. The zero-order valence-corrected chi connectivity index (χ0v) is 17.9. The van der Waals surface area contributed by atoms with Gasteiger partial charge in [-0.05, 0) is 42.3 Å². The molecule has 0 aliphatic rings. The van der Waals surface area contributed by atoms with Gasteiger partial charge in [0.2, 0.25) is 5.75 Å². The van der Waals surface area contributed by atoms with Crippen LogP contribution in [0.4, 0.5) is 4.39 Å². The summed E-state index contributed by atoms with van der Waals surface area (Å²) in [4.78, 5) is 14.8. The van der Waals surface area contributed by atoms with Crippen LogP contribution in [0.15, 0.2) is 66.7 Å². The molecule has 0 saturated carbocycles. The maximum absolute atomic E-state index is 13.5. The number of methoxy groups -OCH3 is 2. The average Bonchev–Trinajstić information content (AvgIpc) is 2.80. The molecular formula is C25H26FNO4. The second kappa shape index (κ2) is 10.5. The van der Waals surface area contributed by atoms with Crippen LogP contribution in [0.5, 0.6) is 17.2 Å². The van der Waals surface area contributed by atoms with E-state index in [0.717, 1.165) is 11.1 Å². The van der Waals surface area contributed by atoms with Crippen LogP contribution < -0.4 is 14.2 Å². The monoisotopic (exact) mass is 423 g/mol. The van der Waals surface area contributed by atoms with Crippen LogP contribution in [-0.2, 0) is 13.2 Å². The summed E-state index contributed by atoms with van der Waals surface area (Å²) >= 11 is 0. The number of carbonyl (C=O) groups is 1. The molecule has 0 N–H and O–H groups in total. The second-order valence-electron chi connectivity index (χ2n) is 6.93. The van der Waals surface area contributed by atoms with Crippen LogP contribution >= 0.6 is 0 Å². The van der Waals surface area contributed by atoms with Gasteiger partial charge in [-0.2, -0.15) is 0 Å². The molecule has 0 fully saturated rings. The number of hydrogen-bond acceptors (Lipinski definition) is 4. The minimum absolute atomic E-state index is 0.210. The lowest BCUT2D eigenvalue weighted by Crippen LogP contribution is -2.30. The topological polar surface area (TPSA) is 48.0 Å². The molecule has 3 aromatic rings. The number of nitrogens with zero attached hydrogens (tertiary/aromatic N) is 1. The van der Waals surface area contributed by atoms with Crippen LogP contribution in [0.25, 0.3) is 0 Å². The molecule has 1 amide bonds. The first-order valence-corrected chi connectivity index (χ1v) is 10.0. The van der Waals surface area contributed by atoms with E-state index in [1.165, 1.54) is 26.4 Å². The molecule has 6 heteroatoms. The lowest BCUT2D eigenvalue weighted by atomic mass is 10.1. The lowest BCUT2D eigenvalue weighted by molar-refractivity contribution is 0.0751. The Kier molecular flexibility index (Phi) is 7.49. The molecule has 0 unspecified atom stereocenters. The van der Waals surface area contributed by atoms with Gasteiger partial charge < -0.3 is 19.1 Å². The van der Waals surface area contributed by atoms with Crippen LogP contribution in [0, 0.1) is 5.82 Å². The number of benzene rings is 3. The largest absolute Gasteiger partial charge is 0.493 e. The van der Waals surface area contributed by atoms with E-state index < -0.39 is 0 Å². The SMILES string of the molecule is CCN(Cc1cccc(F)c1)C(=O)c1cc(OC)c(OCc2ccccc2)c(OC)c1. The van der Waals surface area contributed by atoms with Gasteiger partial charge in [0.25, 0.3) is 5.91 Å². The first kappa shape index (κ1) is 22.2. The van der Waals surface area contributed by atoms with Gasteiger partial charge in [-0.1, -0.05) is 42.5 Å². The Bertz CT molecular complexity index is 998. The van der Waals surface area contributed by atoms with Gasteiger partial charge in [0.1, 0.15) is 12.4 Å². The van der Waals surface area contributed by atoms with Gasteiger partial charge in [0.05, 0.1) is 14.2 Å². The Hall–Kier alpha value is -3.54. The Morgan fingerprint density at radius 3 is 2.13 bits per heavy atom. The number of amides is 1. The zero-order chi connectivity index (χ0) is 22.2. The second-order valence-corrected chi connectivity index (χ2v) is 6.93. The summed E-state index contributed by atoms with van der Waals surface area (Å²) < 4.78 is 30.5. The van der Waals surface area contributed by atoms with Crippen molar-refractivity contribution in [1.82, 2.24) is 4.90 Å². The quantitative estimate of drug-likeness (QED) is 0.481. The van der Waals surface area contributed by atoms with Gasteiger partial charge in [-0.15, -0.1) is 0 Å². The maximum Gasteiger partial charge on any atom is 0.254 e. The summed E-state index contributed by atoms with van der Waals surface area (Å²) in [6.45, 7) is 2.97. The van der Waals surface area contributed by atoms with Crippen LogP contribution in [0.2, 0.25) is 0 Å². The number of ether oxygens (including phenoxy) is 3. The molecule has 0 bridgehead atoms. The highest BCUT2D eigenvalue weighted by atomic mass is 19.1. The van der Waals surface area contributed by atoms with E-state index in [1.54, 1.807) is 29.2 Å². The van der Waals surface area contributed by atoms with Crippen LogP contribution in [-0.4, -0.2) is 31.6 Å². The summed E-state index contributed by atoms with van der Waals surface area (Å²) in [5, 5.41) is 0. The van der Waals surface area contributed by atoms with Crippen molar-refractivity contribution < 1.29 is 23.4 Å². The van der Waals surface area contributed by atoms with Crippen LogP contribution in [0.3, 0.4) is 0 Å². The fraction of sp³-hybridized carbons (Fsp3) is 0.240. The van der Waals surface area contributed by atoms with Gasteiger partial charge in [-0.3, -0.25) is 4.79 Å². The van der Waals surface area contributed by atoms with E-state index >= 15 is 0 Å². The van der Waals surface area contributed by atoms with Crippen LogP contribution in [0.1, 0.15) is 28.4 Å². The molecule has 0 spiro atoms. The summed E-state index contributed by atoms with van der Waals surface area (Å²) in [7, 11) is 3.03. The van der Waals surface area contributed by atoms with E-state index in [4.69, 9.17) is 14.2 Å². The Balaban J connectivity index is 1.85. The van der Waals surface area contributed by atoms with Gasteiger partial charge in [0, 0.05) is 18.7 Å². The first-order valence-electron chi connectivity index (χ1n) is 10.0. The van der Waals surface area contributed by atoms with E-state index in [-0.39, 0.29) is 11.7 Å². The maximum atomic E-state index is 13.5. The lowest BCUT2D eigenvalue weighted by Gasteiger charge is -2.22. The minimum Gasteiger partial charge on any atom is -0.493 e. The molecule has 0 aliphatic carbocycles. The minimum atomic E-state index is -0.329. The Morgan fingerprint density at radius 1 is 0.903 bits per heavy atom. The zero-order valence-electron chi connectivity index (χ0n) is 17.9. The Labute approximate surface area is 182 Å². The molecule has 3 rings (SSSR count). The van der Waals surface area contributed by atoms with Crippen molar-refractivity contribution in [3.05, 3.63) is 89.2 Å². The van der Waals surface area contributed by atoms with Gasteiger partial charge in [0.15, 0.2) is 11.5 Å². The molecule has 0 saturated heterocycles. The molecule has 3 aromatic carbocycles. The molecule has 5 nitrogen and oxygen atoms in total. The molecule has 0 aliphatic heterocycles. The van der Waals surface area contributed by atoms with E-state index in [2.05, 4.69) is 0 Å². The first-order chi connectivity index (χ1) is 15.0. The standard InChI is InChI=1S/C25H26FNO4/c1-4-27(16-19-11-8-12-21(26)13-19)25(28)20-14-22(29-2)24(23(15-20)30-3)31-17-18-9-6-5-7-10-18/h5-15H,4,16-17H2,1-3H3.